The summed E-state index contributed by atoms with van der Waals surface area (Å²) in [6, 6.07) is 6.39. The Morgan fingerprint density at radius 2 is 2.39 bits per heavy atom. The Labute approximate surface area is 107 Å². The fourth-order valence-electron chi connectivity index (χ4n) is 2.73. The molecular weight excluding hydrogens is 224 g/mol. The lowest BCUT2D eigenvalue weighted by molar-refractivity contribution is 0.305. The number of hydrogen-bond donors (Lipinski definition) is 1. The van der Waals surface area contributed by atoms with E-state index in [0.717, 1.165) is 31.0 Å². The predicted molar refractivity (Wildman–Crippen MR) is 72.2 cm³/mol. The van der Waals surface area contributed by atoms with E-state index in [4.69, 9.17) is 5.73 Å². The molecule has 0 bridgehead atoms. The van der Waals surface area contributed by atoms with E-state index in [1.165, 1.54) is 6.42 Å². The van der Waals surface area contributed by atoms with E-state index < -0.39 is 0 Å². The molecule has 1 aliphatic rings. The van der Waals surface area contributed by atoms with Crippen molar-refractivity contribution in [1.29, 1.82) is 0 Å². The Balaban J connectivity index is 1.70. The monoisotopic (exact) mass is 244 g/mol. The average molecular weight is 244 g/mol. The summed E-state index contributed by atoms with van der Waals surface area (Å²) in [5, 5.41) is 0. The molecule has 2 N–H and O–H groups in total. The second kappa shape index (κ2) is 4.71. The highest BCUT2D eigenvalue weighted by Gasteiger charge is 2.25. The molecule has 1 saturated heterocycles. The Kier molecular flexibility index (Phi) is 3.06. The van der Waals surface area contributed by atoms with Gasteiger partial charge < -0.3 is 10.1 Å². The molecule has 0 aromatic carbocycles. The van der Waals surface area contributed by atoms with Crippen LogP contribution in [0.2, 0.25) is 0 Å². The van der Waals surface area contributed by atoms with Crippen molar-refractivity contribution in [2.45, 2.75) is 25.9 Å². The topological polar surface area (TPSA) is 46.6 Å². The Morgan fingerprint density at radius 3 is 3.11 bits per heavy atom. The summed E-state index contributed by atoms with van der Waals surface area (Å²) in [5.41, 5.74) is 8.14. The quantitative estimate of drug-likeness (QED) is 0.890. The molecule has 2 aromatic heterocycles. The second-order valence-electron chi connectivity index (χ2n) is 5.34. The van der Waals surface area contributed by atoms with Gasteiger partial charge in [-0.25, -0.2) is 4.98 Å². The van der Waals surface area contributed by atoms with Gasteiger partial charge in [-0.3, -0.25) is 4.90 Å². The van der Waals surface area contributed by atoms with Gasteiger partial charge in [-0.1, -0.05) is 6.07 Å². The minimum atomic E-state index is 0.302. The number of imidazole rings is 1. The Morgan fingerprint density at radius 1 is 1.50 bits per heavy atom. The Bertz CT molecular complexity index is 498. The number of pyridine rings is 1. The lowest BCUT2D eigenvalue weighted by atomic mass is 10.0. The van der Waals surface area contributed by atoms with Gasteiger partial charge in [0.25, 0.3) is 0 Å². The lowest BCUT2D eigenvalue weighted by Gasteiger charge is -2.16. The van der Waals surface area contributed by atoms with Crippen molar-refractivity contribution in [2.24, 2.45) is 11.7 Å². The summed E-state index contributed by atoms with van der Waals surface area (Å²) >= 11 is 0. The van der Waals surface area contributed by atoms with Crippen LogP contribution in [0.15, 0.2) is 30.6 Å². The summed E-state index contributed by atoms with van der Waals surface area (Å²) < 4.78 is 2.08. The van der Waals surface area contributed by atoms with Crippen LogP contribution in [-0.2, 0) is 6.54 Å². The number of nitrogens with zero attached hydrogens (tertiary/aromatic N) is 3. The first-order valence-electron chi connectivity index (χ1n) is 6.63. The van der Waals surface area contributed by atoms with E-state index in [1.807, 2.05) is 24.4 Å². The molecule has 3 heterocycles. The highest BCUT2D eigenvalue weighted by molar-refractivity contribution is 5.39. The van der Waals surface area contributed by atoms with Gasteiger partial charge in [0.15, 0.2) is 0 Å². The minimum absolute atomic E-state index is 0.302. The summed E-state index contributed by atoms with van der Waals surface area (Å²) in [6.45, 7) is 5.29. The van der Waals surface area contributed by atoms with Gasteiger partial charge in [0.05, 0.1) is 5.69 Å². The van der Waals surface area contributed by atoms with Crippen molar-refractivity contribution in [1.82, 2.24) is 14.3 Å². The van der Waals surface area contributed by atoms with Crippen molar-refractivity contribution in [3.63, 3.8) is 0 Å². The van der Waals surface area contributed by atoms with Crippen molar-refractivity contribution >= 4 is 5.65 Å². The minimum Gasteiger partial charge on any atom is -0.328 e. The second-order valence-corrected chi connectivity index (χ2v) is 5.34. The number of rotatable bonds is 3. The number of hydrogen-bond acceptors (Lipinski definition) is 3. The molecule has 0 amide bonds. The standard InChI is InChI=1S/C14H20N4/c1-11(15)12-5-7-17(8-12)9-13-10-18-6-3-2-4-14(18)16-13/h2-4,6,10-12H,5,7-9,15H2,1H3. The highest BCUT2D eigenvalue weighted by Crippen LogP contribution is 2.20. The SMILES string of the molecule is CC(N)C1CCN(Cc2cn3ccccc3n2)C1. The van der Waals surface area contributed by atoms with Crippen molar-refractivity contribution in [2.75, 3.05) is 13.1 Å². The van der Waals surface area contributed by atoms with E-state index in [0.29, 0.717) is 12.0 Å². The smallest absolute Gasteiger partial charge is 0.137 e. The zero-order valence-electron chi connectivity index (χ0n) is 10.8. The average Bonchev–Trinajstić information content (AvgIpc) is 2.94. The van der Waals surface area contributed by atoms with E-state index in [2.05, 4.69) is 27.4 Å². The first-order valence-corrected chi connectivity index (χ1v) is 6.63. The van der Waals surface area contributed by atoms with Gasteiger partial charge in [0.2, 0.25) is 0 Å². The number of fused-ring (bicyclic) bond motifs is 1. The maximum atomic E-state index is 5.97. The zero-order valence-corrected chi connectivity index (χ0v) is 10.8. The van der Waals surface area contributed by atoms with Crippen molar-refractivity contribution < 1.29 is 0 Å². The molecule has 1 aliphatic heterocycles. The van der Waals surface area contributed by atoms with Crippen LogP contribution in [0.4, 0.5) is 0 Å². The highest BCUT2D eigenvalue weighted by atomic mass is 15.2. The maximum absolute atomic E-state index is 5.97. The molecule has 0 aliphatic carbocycles. The van der Waals surface area contributed by atoms with Gasteiger partial charge >= 0.3 is 0 Å². The summed E-state index contributed by atoms with van der Waals surface area (Å²) in [4.78, 5) is 7.09. The molecule has 0 saturated carbocycles. The zero-order chi connectivity index (χ0) is 12.5. The largest absolute Gasteiger partial charge is 0.328 e. The fourth-order valence-corrected chi connectivity index (χ4v) is 2.73. The van der Waals surface area contributed by atoms with Crippen molar-refractivity contribution in [3.05, 3.63) is 36.3 Å². The molecule has 2 atom stereocenters. The van der Waals surface area contributed by atoms with Gasteiger partial charge in [-0.15, -0.1) is 0 Å². The maximum Gasteiger partial charge on any atom is 0.137 e. The van der Waals surface area contributed by atoms with E-state index in [9.17, 15) is 0 Å². The number of aromatic nitrogens is 2. The van der Waals surface area contributed by atoms with Gasteiger partial charge in [0, 0.05) is 31.5 Å². The van der Waals surface area contributed by atoms with Crippen LogP contribution >= 0.6 is 0 Å². The normalized spacial score (nSPS) is 22.7. The first-order chi connectivity index (χ1) is 8.72. The molecular formula is C14H20N4. The molecule has 1 fully saturated rings. The fraction of sp³-hybridized carbons (Fsp3) is 0.500. The molecule has 3 rings (SSSR count). The predicted octanol–water partition coefficient (Wildman–Crippen LogP) is 1.50. The van der Waals surface area contributed by atoms with Crippen LogP contribution in [0.3, 0.4) is 0 Å². The van der Waals surface area contributed by atoms with Gasteiger partial charge in [-0.2, -0.15) is 0 Å². The van der Waals surface area contributed by atoms with Gasteiger partial charge in [-0.05, 0) is 37.9 Å². The third-order valence-corrected chi connectivity index (χ3v) is 3.85. The van der Waals surface area contributed by atoms with Crippen LogP contribution in [0.5, 0.6) is 0 Å². The molecule has 4 heteroatoms. The summed E-state index contributed by atoms with van der Waals surface area (Å²) in [7, 11) is 0. The molecule has 18 heavy (non-hydrogen) atoms. The number of likely N-dealkylation sites (tertiary alicyclic amines) is 1. The number of nitrogens with two attached hydrogens (primary N) is 1. The molecule has 2 unspecified atom stereocenters. The van der Waals surface area contributed by atoms with E-state index in [1.54, 1.807) is 0 Å². The Hall–Kier alpha value is -1.39. The van der Waals surface area contributed by atoms with Gasteiger partial charge in [0.1, 0.15) is 5.65 Å². The third kappa shape index (κ3) is 2.26. The first kappa shape index (κ1) is 11.7. The third-order valence-electron chi connectivity index (χ3n) is 3.85. The molecule has 0 radical (unpaired) electrons. The molecule has 96 valence electrons. The summed E-state index contributed by atoms with van der Waals surface area (Å²) in [6.07, 6.45) is 5.38. The van der Waals surface area contributed by atoms with E-state index in [-0.39, 0.29) is 0 Å². The van der Waals surface area contributed by atoms with Crippen LogP contribution in [0.1, 0.15) is 19.0 Å². The van der Waals surface area contributed by atoms with Crippen LogP contribution in [0, 0.1) is 5.92 Å². The lowest BCUT2D eigenvalue weighted by Crippen LogP contribution is -2.29. The van der Waals surface area contributed by atoms with Crippen LogP contribution in [0.25, 0.3) is 5.65 Å². The molecule has 4 nitrogen and oxygen atoms in total. The van der Waals surface area contributed by atoms with Crippen LogP contribution < -0.4 is 5.73 Å². The van der Waals surface area contributed by atoms with Crippen LogP contribution in [-0.4, -0.2) is 33.4 Å². The summed E-state index contributed by atoms with van der Waals surface area (Å²) in [5.74, 6) is 0.641. The molecule has 0 spiro atoms. The molecule has 2 aromatic rings. The van der Waals surface area contributed by atoms with E-state index >= 15 is 0 Å². The van der Waals surface area contributed by atoms with Crippen molar-refractivity contribution in [3.8, 4) is 0 Å².